The van der Waals surface area contributed by atoms with Crippen LogP contribution in [0.4, 0.5) is 13.2 Å². The number of nitrogens with one attached hydrogen (secondary N) is 1. The van der Waals surface area contributed by atoms with Gasteiger partial charge in [0.2, 0.25) is 5.91 Å². The molecule has 1 fully saturated rings. The number of carbonyl (C=O) groups is 2. The fraction of sp³-hybridized carbons (Fsp3) is 0.467. The summed E-state index contributed by atoms with van der Waals surface area (Å²) in [6.45, 7) is 1.58. The van der Waals surface area contributed by atoms with Crippen molar-refractivity contribution in [3.8, 4) is 0 Å². The van der Waals surface area contributed by atoms with Crippen LogP contribution in [0.25, 0.3) is 0 Å². The third-order valence-corrected chi connectivity index (χ3v) is 3.64. The van der Waals surface area contributed by atoms with Crippen molar-refractivity contribution >= 4 is 11.9 Å². The van der Waals surface area contributed by atoms with Crippen LogP contribution >= 0.6 is 0 Å². The molecule has 3 unspecified atom stereocenters. The molecule has 1 saturated carbocycles. The zero-order valence-corrected chi connectivity index (χ0v) is 11.9. The van der Waals surface area contributed by atoms with Crippen molar-refractivity contribution in [3.05, 3.63) is 35.4 Å². The molecule has 120 valence electrons. The van der Waals surface area contributed by atoms with Gasteiger partial charge in [0.1, 0.15) is 0 Å². The molecule has 3 atom stereocenters. The van der Waals surface area contributed by atoms with Crippen LogP contribution in [-0.2, 0) is 15.8 Å². The van der Waals surface area contributed by atoms with Gasteiger partial charge in [-0.2, -0.15) is 13.2 Å². The Morgan fingerprint density at radius 2 is 2.09 bits per heavy atom. The Morgan fingerprint density at radius 1 is 1.41 bits per heavy atom. The van der Waals surface area contributed by atoms with Gasteiger partial charge in [-0.15, -0.1) is 0 Å². The Hall–Kier alpha value is -2.05. The number of amides is 1. The maximum absolute atomic E-state index is 12.7. The molecule has 7 heteroatoms. The standard InChI is InChI=1S/C15H16F3NO3/c1-8(5-13(20)21)19-14(22)12-7-11(12)9-3-2-4-10(6-9)15(16,17)18/h2-4,6,8,11-12H,5,7H2,1H3,(H,19,22)(H,20,21). The normalized spacial score (nSPS) is 22.0. The highest BCUT2D eigenvalue weighted by Crippen LogP contribution is 2.48. The minimum absolute atomic E-state index is 0.188. The predicted octanol–water partition coefficient (Wildman–Crippen LogP) is 2.79. The molecular weight excluding hydrogens is 299 g/mol. The Morgan fingerprint density at radius 3 is 2.68 bits per heavy atom. The van der Waals surface area contributed by atoms with Crippen LogP contribution in [0.5, 0.6) is 0 Å². The summed E-state index contributed by atoms with van der Waals surface area (Å²) in [4.78, 5) is 22.5. The minimum atomic E-state index is -4.40. The molecule has 22 heavy (non-hydrogen) atoms. The van der Waals surface area contributed by atoms with Crippen molar-refractivity contribution in [2.45, 2.75) is 37.9 Å². The molecule has 0 bridgehead atoms. The first-order valence-electron chi connectivity index (χ1n) is 6.88. The number of carbonyl (C=O) groups excluding carboxylic acids is 1. The number of carboxylic acids is 1. The van der Waals surface area contributed by atoms with Crippen molar-refractivity contribution < 1.29 is 27.9 Å². The van der Waals surface area contributed by atoms with Gasteiger partial charge in [-0.05, 0) is 30.9 Å². The Labute approximate surface area is 125 Å². The van der Waals surface area contributed by atoms with Gasteiger partial charge >= 0.3 is 12.1 Å². The van der Waals surface area contributed by atoms with Crippen LogP contribution in [0, 0.1) is 5.92 Å². The lowest BCUT2D eigenvalue weighted by molar-refractivity contribution is -0.138. The molecular formula is C15H16F3NO3. The first kappa shape index (κ1) is 16.3. The lowest BCUT2D eigenvalue weighted by Crippen LogP contribution is -2.35. The first-order chi connectivity index (χ1) is 10.2. The highest BCUT2D eigenvalue weighted by molar-refractivity contribution is 5.83. The maximum atomic E-state index is 12.7. The summed E-state index contributed by atoms with van der Waals surface area (Å²) < 4.78 is 38.0. The highest BCUT2D eigenvalue weighted by Gasteiger charge is 2.45. The fourth-order valence-electron chi connectivity index (χ4n) is 2.46. The maximum Gasteiger partial charge on any atom is 0.416 e. The molecule has 2 N–H and O–H groups in total. The van der Waals surface area contributed by atoms with Crippen molar-refractivity contribution in [1.82, 2.24) is 5.32 Å². The number of hydrogen-bond acceptors (Lipinski definition) is 2. The van der Waals surface area contributed by atoms with Crippen LogP contribution in [0.15, 0.2) is 24.3 Å². The number of aliphatic carboxylic acids is 1. The van der Waals surface area contributed by atoms with E-state index in [2.05, 4.69) is 5.32 Å². The molecule has 0 heterocycles. The molecule has 0 radical (unpaired) electrons. The molecule has 1 amide bonds. The molecule has 1 aliphatic rings. The predicted molar refractivity (Wildman–Crippen MR) is 72.1 cm³/mol. The topological polar surface area (TPSA) is 66.4 Å². The van der Waals surface area contributed by atoms with Crippen molar-refractivity contribution in [2.24, 2.45) is 5.92 Å². The number of rotatable bonds is 5. The SMILES string of the molecule is CC(CC(=O)O)NC(=O)C1CC1c1cccc(C(F)(F)F)c1. The summed E-state index contributed by atoms with van der Waals surface area (Å²) in [6, 6.07) is 4.47. The van der Waals surface area contributed by atoms with E-state index in [-0.39, 0.29) is 24.2 Å². The molecule has 0 saturated heterocycles. The Bertz CT molecular complexity index is 586. The van der Waals surface area contributed by atoms with Gasteiger partial charge in [0.25, 0.3) is 0 Å². The average Bonchev–Trinajstić information content (AvgIpc) is 3.17. The number of benzene rings is 1. The average molecular weight is 315 g/mol. The third kappa shape index (κ3) is 3.99. The third-order valence-electron chi connectivity index (χ3n) is 3.64. The van der Waals surface area contributed by atoms with Crippen molar-refractivity contribution in [2.75, 3.05) is 0 Å². The second-order valence-electron chi connectivity index (χ2n) is 5.58. The molecule has 1 aromatic carbocycles. The fourth-order valence-corrected chi connectivity index (χ4v) is 2.46. The quantitative estimate of drug-likeness (QED) is 0.878. The second-order valence-corrected chi connectivity index (χ2v) is 5.58. The van der Waals surface area contributed by atoms with Crippen molar-refractivity contribution in [1.29, 1.82) is 0 Å². The second kappa shape index (κ2) is 5.98. The Kier molecular flexibility index (Phi) is 4.44. The van der Waals surface area contributed by atoms with Crippen molar-refractivity contribution in [3.63, 3.8) is 0 Å². The van der Waals surface area contributed by atoms with E-state index >= 15 is 0 Å². The molecule has 2 rings (SSSR count). The van der Waals surface area contributed by atoms with E-state index in [1.54, 1.807) is 13.0 Å². The van der Waals surface area contributed by atoms with E-state index < -0.39 is 23.8 Å². The molecule has 4 nitrogen and oxygen atoms in total. The van der Waals surface area contributed by atoms with Gasteiger partial charge in [0.15, 0.2) is 0 Å². The van der Waals surface area contributed by atoms with Gasteiger partial charge in [0.05, 0.1) is 12.0 Å². The summed E-state index contributed by atoms with van der Waals surface area (Å²) >= 11 is 0. The van der Waals surface area contributed by atoms with Gasteiger partial charge in [-0.1, -0.05) is 18.2 Å². The van der Waals surface area contributed by atoms with Gasteiger partial charge in [-0.3, -0.25) is 9.59 Å². The summed E-state index contributed by atoms with van der Waals surface area (Å²) in [6.07, 6.45) is -4.11. The van der Waals surface area contributed by atoms with Gasteiger partial charge in [-0.25, -0.2) is 0 Å². The number of hydrogen-bond donors (Lipinski definition) is 2. The lowest BCUT2D eigenvalue weighted by atomic mass is 10.0. The minimum Gasteiger partial charge on any atom is -0.481 e. The van der Waals surface area contributed by atoms with E-state index in [4.69, 9.17) is 5.11 Å². The zero-order valence-electron chi connectivity index (χ0n) is 11.9. The van der Waals surface area contributed by atoms with Gasteiger partial charge < -0.3 is 10.4 Å². The molecule has 1 aromatic rings. The smallest absolute Gasteiger partial charge is 0.416 e. The summed E-state index contributed by atoms with van der Waals surface area (Å²) in [7, 11) is 0. The van der Waals surface area contributed by atoms with E-state index in [9.17, 15) is 22.8 Å². The molecule has 0 spiro atoms. The van der Waals surface area contributed by atoms with Crippen LogP contribution in [0.2, 0.25) is 0 Å². The highest BCUT2D eigenvalue weighted by atomic mass is 19.4. The first-order valence-corrected chi connectivity index (χ1v) is 6.88. The van der Waals surface area contributed by atoms with E-state index in [0.717, 1.165) is 12.1 Å². The molecule has 0 aliphatic heterocycles. The monoisotopic (exact) mass is 315 g/mol. The van der Waals surface area contributed by atoms with Gasteiger partial charge in [0, 0.05) is 12.0 Å². The number of carboxylic acid groups (broad SMARTS) is 1. The van der Waals surface area contributed by atoms with E-state index in [1.807, 2.05) is 0 Å². The summed E-state index contributed by atoms with van der Waals surface area (Å²) in [5.74, 6) is -1.95. The molecule has 1 aliphatic carbocycles. The Balaban J connectivity index is 1.97. The largest absolute Gasteiger partial charge is 0.481 e. The number of halogens is 3. The molecule has 0 aromatic heterocycles. The van der Waals surface area contributed by atoms with Crippen LogP contribution in [0.1, 0.15) is 36.8 Å². The number of alkyl halides is 3. The summed E-state index contributed by atoms with van der Waals surface area (Å²) in [5, 5.41) is 11.2. The van der Waals surface area contributed by atoms with E-state index in [0.29, 0.717) is 12.0 Å². The van der Waals surface area contributed by atoms with Crippen LogP contribution in [-0.4, -0.2) is 23.0 Å². The lowest BCUT2D eigenvalue weighted by Gasteiger charge is -2.12. The zero-order chi connectivity index (χ0) is 16.5. The van der Waals surface area contributed by atoms with Crippen LogP contribution in [0.3, 0.4) is 0 Å². The van der Waals surface area contributed by atoms with E-state index in [1.165, 1.54) is 6.07 Å². The summed E-state index contributed by atoms with van der Waals surface area (Å²) in [5.41, 5.74) is -0.240. The van der Waals surface area contributed by atoms with Crippen LogP contribution < -0.4 is 5.32 Å².